The Bertz CT molecular complexity index is 895. The van der Waals surface area contributed by atoms with E-state index >= 15 is 0 Å². The summed E-state index contributed by atoms with van der Waals surface area (Å²) in [6.45, 7) is 1.54. The molecule has 8 heteroatoms. The summed E-state index contributed by atoms with van der Waals surface area (Å²) in [5, 5.41) is 5.49. The van der Waals surface area contributed by atoms with E-state index in [0.29, 0.717) is 25.3 Å². The first-order valence-corrected chi connectivity index (χ1v) is 11.1. The summed E-state index contributed by atoms with van der Waals surface area (Å²) < 4.78 is 27.7. The number of nitrogens with zero attached hydrogens (tertiary/aromatic N) is 1. The molecule has 0 spiro atoms. The molecule has 0 bridgehead atoms. The van der Waals surface area contributed by atoms with Crippen molar-refractivity contribution in [2.75, 3.05) is 18.4 Å². The number of rotatable bonds is 5. The van der Waals surface area contributed by atoms with Crippen molar-refractivity contribution >= 4 is 37.7 Å². The smallest absolute Gasteiger partial charge is 0.319 e. The van der Waals surface area contributed by atoms with Gasteiger partial charge >= 0.3 is 6.03 Å². The lowest BCUT2D eigenvalue weighted by molar-refractivity contribution is 0.251. The van der Waals surface area contributed by atoms with Gasteiger partial charge in [0.25, 0.3) is 0 Å². The topological polar surface area (TPSA) is 78.5 Å². The minimum atomic E-state index is -3.46. The Kier molecular flexibility index (Phi) is 6.51. The second kappa shape index (κ2) is 8.86. The maximum atomic E-state index is 12.6. The van der Waals surface area contributed by atoms with Gasteiger partial charge in [0.1, 0.15) is 0 Å². The zero-order valence-electron chi connectivity index (χ0n) is 14.8. The number of carbonyl (C=O) groups is 1. The van der Waals surface area contributed by atoms with Gasteiger partial charge < -0.3 is 10.6 Å². The minimum Gasteiger partial charge on any atom is -0.334 e. The number of hydrogen-bond donors (Lipinski definition) is 2. The first-order valence-electron chi connectivity index (χ1n) is 8.85. The minimum absolute atomic E-state index is 0.254. The average molecular weight is 452 g/mol. The van der Waals surface area contributed by atoms with Gasteiger partial charge in [0.2, 0.25) is 10.0 Å². The Hall–Kier alpha value is -1.90. The number of amides is 2. The molecular formula is C19H22BrN3O3S. The highest BCUT2D eigenvalue weighted by Gasteiger charge is 2.25. The summed E-state index contributed by atoms with van der Waals surface area (Å²) in [6, 6.07) is 13.6. The maximum Gasteiger partial charge on any atom is 0.319 e. The van der Waals surface area contributed by atoms with Crippen LogP contribution in [0.3, 0.4) is 0 Å². The van der Waals surface area contributed by atoms with Crippen LogP contribution in [0.15, 0.2) is 57.9 Å². The summed E-state index contributed by atoms with van der Waals surface area (Å²) in [6.07, 6.45) is 2.87. The molecule has 2 aromatic carbocycles. The van der Waals surface area contributed by atoms with Crippen LogP contribution >= 0.6 is 15.9 Å². The molecule has 1 saturated heterocycles. The second-order valence-electron chi connectivity index (χ2n) is 6.43. The molecule has 2 aromatic rings. The van der Waals surface area contributed by atoms with Gasteiger partial charge in [-0.3, -0.25) is 0 Å². The fourth-order valence-electron chi connectivity index (χ4n) is 2.97. The van der Waals surface area contributed by atoms with Crippen LogP contribution in [0.25, 0.3) is 0 Å². The van der Waals surface area contributed by atoms with E-state index in [1.807, 2.05) is 24.3 Å². The molecular weight excluding hydrogens is 430 g/mol. The molecule has 6 nitrogen and oxygen atoms in total. The number of sulfonamides is 1. The fourth-order valence-corrected chi connectivity index (χ4v) is 4.93. The lowest BCUT2D eigenvalue weighted by Gasteiger charge is -2.25. The fraction of sp³-hybridized carbons (Fsp3) is 0.316. The largest absolute Gasteiger partial charge is 0.334 e. The Morgan fingerprint density at radius 3 is 2.41 bits per heavy atom. The zero-order valence-corrected chi connectivity index (χ0v) is 17.2. The van der Waals surface area contributed by atoms with E-state index in [1.54, 1.807) is 12.1 Å². The molecule has 2 amide bonds. The molecule has 1 aliphatic heterocycles. The molecule has 0 unspecified atom stereocenters. The van der Waals surface area contributed by atoms with E-state index in [9.17, 15) is 13.2 Å². The van der Waals surface area contributed by atoms with E-state index in [1.165, 1.54) is 16.4 Å². The lowest BCUT2D eigenvalue weighted by atomic mass is 10.2. The Balaban J connectivity index is 1.57. The molecule has 0 radical (unpaired) electrons. The van der Waals surface area contributed by atoms with Gasteiger partial charge in [-0.25, -0.2) is 13.2 Å². The molecule has 1 fully saturated rings. The predicted octanol–water partition coefficient (Wildman–Crippen LogP) is 3.95. The Labute approximate surface area is 168 Å². The molecule has 2 N–H and O–H groups in total. The highest BCUT2D eigenvalue weighted by molar-refractivity contribution is 9.10. The molecule has 144 valence electrons. The molecule has 1 heterocycles. The molecule has 0 aromatic heterocycles. The summed E-state index contributed by atoms with van der Waals surface area (Å²) >= 11 is 3.39. The van der Waals surface area contributed by atoms with Crippen LogP contribution in [0.1, 0.15) is 24.8 Å². The van der Waals surface area contributed by atoms with Crippen molar-refractivity contribution in [3.8, 4) is 0 Å². The molecule has 27 heavy (non-hydrogen) atoms. The Morgan fingerprint density at radius 2 is 1.74 bits per heavy atom. The normalized spacial score (nSPS) is 15.3. The van der Waals surface area contributed by atoms with Crippen LogP contribution in [0, 0.1) is 0 Å². The number of benzene rings is 2. The van der Waals surface area contributed by atoms with Crippen molar-refractivity contribution in [3.63, 3.8) is 0 Å². The van der Waals surface area contributed by atoms with Gasteiger partial charge in [-0.1, -0.05) is 34.5 Å². The zero-order chi connectivity index (χ0) is 19.3. The van der Waals surface area contributed by atoms with Gasteiger partial charge in [0.15, 0.2) is 0 Å². The number of piperidine rings is 1. The Morgan fingerprint density at radius 1 is 1.04 bits per heavy atom. The SMILES string of the molecule is O=C(NCc1cccc(Br)c1)Nc1ccc(S(=O)(=O)N2CCCCC2)cc1. The van der Waals surface area contributed by atoms with Crippen LogP contribution in [-0.2, 0) is 16.6 Å². The van der Waals surface area contributed by atoms with Gasteiger partial charge in [-0.2, -0.15) is 4.31 Å². The van der Waals surface area contributed by atoms with Crippen LogP contribution in [-0.4, -0.2) is 31.8 Å². The number of carbonyl (C=O) groups excluding carboxylic acids is 1. The van der Waals surface area contributed by atoms with Gasteiger partial charge in [0.05, 0.1) is 4.90 Å². The number of nitrogens with one attached hydrogen (secondary N) is 2. The molecule has 3 rings (SSSR count). The highest BCUT2D eigenvalue weighted by Crippen LogP contribution is 2.22. The van der Waals surface area contributed by atoms with E-state index in [-0.39, 0.29) is 10.9 Å². The standard InChI is InChI=1S/C19H22BrN3O3S/c20-16-6-4-5-15(13-16)14-21-19(24)22-17-7-9-18(10-8-17)27(25,26)23-11-2-1-3-12-23/h4-10,13H,1-3,11-12,14H2,(H2,21,22,24). The van der Waals surface area contributed by atoms with Crippen molar-refractivity contribution in [1.29, 1.82) is 0 Å². The van der Waals surface area contributed by atoms with Crippen LogP contribution in [0.2, 0.25) is 0 Å². The molecule has 1 aliphatic rings. The van der Waals surface area contributed by atoms with Crippen LogP contribution in [0.4, 0.5) is 10.5 Å². The van der Waals surface area contributed by atoms with E-state index < -0.39 is 10.0 Å². The molecule has 0 saturated carbocycles. The van der Waals surface area contributed by atoms with Gasteiger partial charge in [-0.05, 0) is 54.8 Å². The number of anilines is 1. The van der Waals surface area contributed by atoms with E-state index in [2.05, 4.69) is 26.6 Å². The van der Waals surface area contributed by atoms with E-state index in [0.717, 1.165) is 29.3 Å². The summed E-state index contributed by atoms with van der Waals surface area (Å²) in [5.41, 5.74) is 1.52. The summed E-state index contributed by atoms with van der Waals surface area (Å²) in [5.74, 6) is 0. The van der Waals surface area contributed by atoms with Crippen LogP contribution < -0.4 is 10.6 Å². The first kappa shape index (κ1) is 19.9. The number of halogens is 1. The van der Waals surface area contributed by atoms with Crippen molar-refractivity contribution in [2.24, 2.45) is 0 Å². The summed E-state index contributed by atoms with van der Waals surface area (Å²) in [7, 11) is -3.46. The lowest BCUT2D eigenvalue weighted by Crippen LogP contribution is -2.35. The second-order valence-corrected chi connectivity index (χ2v) is 9.28. The van der Waals surface area contributed by atoms with Gasteiger partial charge in [0, 0.05) is 29.8 Å². The molecule has 0 atom stereocenters. The predicted molar refractivity (Wildman–Crippen MR) is 109 cm³/mol. The maximum absolute atomic E-state index is 12.6. The highest BCUT2D eigenvalue weighted by atomic mass is 79.9. The first-order chi connectivity index (χ1) is 12.9. The number of hydrogen-bond acceptors (Lipinski definition) is 3. The monoisotopic (exact) mass is 451 g/mol. The van der Waals surface area contributed by atoms with Gasteiger partial charge in [-0.15, -0.1) is 0 Å². The van der Waals surface area contributed by atoms with Crippen molar-refractivity contribution in [2.45, 2.75) is 30.7 Å². The van der Waals surface area contributed by atoms with E-state index in [4.69, 9.17) is 0 Å². The summed E-state index contributed by atoms with van der Waals surface area (Å²) in [4.78, 5) is 12.3. The molecule has 0 aliphatic carbocycles. The third-order valence-corrected chi connectivity index (χ3v) is 6.81. The third-order valence-electron chi connectivity index (χ3n) is 4.41. The van der Waals surface area contributed by atoms with Crippen molar-refractivity contribution in [1.82, 2.24) is 9.62 Å². The quantitative estimate of drug-likeness (QED) is 0.722. The third kappa shape index (κ3) is 5.31. The van der Waals surface area contributed by atoms with Crippen molar-refractivity contribution in [3.05, 3.63) is 58.6 Å². The van der Waals surface area contributed by atoms with Crippen molar-refractivity contribution < 1.29 is 13.2 Å². The average Bonchev–Trinajstić information content (AvgIpc) is 2.68. The van der Waals surface area contributed by atoms with Crippen LogP contribution in [0.5, 0.6) is 0 Å². The number of urea groups is 1.